The SMILES string of the molecule is CC(C)c1c[nH]c2c(N)nc(N)nc12. The van der Waals surface area contributed by atoms with Crippen LogP contribution in [0, 0.1) is 0 Å². The molecule has 0 aliphatic carbocycles. The van der Waals surface area contributed by atoms with Gasteiger partial charge in [-0.15, -0.1) is 0 Å². The molecule has 2 aromatic rings. The Kier molecular flexibility index (Phi) is 1.80. The molecule has 74 valence electrons. The summed E-state index contributed by atoms with van der Waals surface area (Å²) in [6, 6.07) is 0. The van der Waals surface area contributed by atoms with Crippen molar-refractivity contribution < 1.29 is 0 Å². The second kappa shape index (κ2) is 2.87. The molecule has 2 rings (SSSR count). The number of nitrogens with zero attached hydrogens (tertiary/aromatic N) is 2. The van der Waals surface area contributed by atoms with Crippen LogP contribution in [0.5, 0.6) is 0 Å². The lowest BCUT2D eigenvalue weighted by Crippen LogP contribution is -2.00. The van der Waals surface area contributed by atoms with Gasteiger partial charge in [-0.3, -0.25) is 0 Å². The van der Waals surface area contributed by atoms with Crippen molar-refractivity contribution in [1.82, 2.24) is 15.0 Å². The molecule has 5 heteroatoms. The number of H-pyrrole nitrogens is 1. The summed E-state index contributed by atoms with van der Waals surface area (Å²) in [7, 11) is 0. The van der Waals surface area contributed by atoms with Gasteiger partial charge in [0, 0.05) is 6.20 Å². The van der Waals surface area contributed by atoms with Gasteiger partial charge >= 0.3 is 0 Å². The molecule has 5 N–H and O–H groups in total. The number of nitrogen functional groups attached to an aromatic ring is 2. The van der Waals surface area contributed by atoms with Crippen LogP contribution < -0.4 is 11.5 Å². The first kappa shape index (κ1) is 8.80. The van der Waals surface area contributed by atoms with Gasteiger partial charge in [0.05, 0.1) is 5.52 Å². The first-order valence-electron chi connectivity index (χ1n) is 4.49. The fourth-order valence-electron chi connectivity index (χ4n) is 1.51. The summed E-state index contributed by atoms with van der Waals surface area (Å²) < 4.78 is 0. The molecule has 0 aromatic carbocycles. The fraction of sp³-hybridized carbons (Fsp3) is 0.333. The lowest BCUT2D eigenvalue weighted by atomic mass is 10.1. The van der Waals surface area contributed by atoms with Gasteiger partial charge in [0.2, 0.25) is 5.95 Å². The van der Waals surface area contributed by atoms with Gasteiger partial charge in [-0.25, -0.2) is 4.98 Å². The number of hydrogen-bond acceptors (Lipinski definition) is 4. The molecule has 0 bridgehead atoms. The highest BCUT2D eigenvalue weighted by atomic mass is 15.1. The molecule has 0 aliphatic heterocycles. The molecule has 0 aliphatic rings. The molecule has 14 heavy (non-hydrogen) atoms. The quantitative estimate of drug-likeness (QED) is 0.632. The van der Waals surface area contributed by atoms with Crippen molar-refractivity contribution >= 4 is 22.8 Å². The lowest BCUT2D eigenvalue weighted by Gasteiger charge is -2.02. The Morgan fingerprint density at radius 1 is 1.29 bits per heavy atom. The number of nitrogens with two attached hydrogens (primary N) is 2. The van der Waals surface area contributed by atoms with Crippen LogP contribution in [0.4, 0.5) is 11.8 Å². The van der Waals surface area contributed by atoms with E-state index in [9.17, 15) is 0 Å². The van der Waals surface area contributed by atoms with E-state index in [2.05, 4.69) is 28.8 Å². The standard InChI is InChI=1S/C9H13N5/c1-4(2)5-3-12-7-6(5)13-9(11)14-8(7)10/h3-4,12H,1-2H3,(H4,10,11,13,14). The smallest absolute Gasteiger partial charge is 0.222 e. The van der Waals surface area contributed by atoms with E-state index in [1.165, 1.54) is 0 Å². The molecule has 0 fully saturated rings. The molecule has 0 amide bonds. The van der Waals surface area contributed by atoms with Gasteiger partial charge in [0.1, 0.15) is 5.52 Å². The highest BCUT2D eigenvalue weighted by Crippen LogP contribution is 2.26. The predicted molar refractivity (Wildman–Crippen MR) is 56.8 cm³/mol. The summed E-state index contributed by atoms with van der Waals surface area (Å²) >= 11 is 0. The second-order valence-corrected chi connectivity index (χ2v) is 3.59. The van der Waals surface area contributed by atoms with Crippen LogP contribution in [0.25, 0.3) is 11.0 Å². The number of aromatic nitrogens is 3. The molecule has 0 saturated carbocycles. The summed E-state index contributed by atoms with van der Waals surface area (Å²) in [5.74, 6) is 1.01. The predicted octanol–water partition coefficient (Wildman–Crippen LogP) is 1.25. The third kappa shape index (κ3) is 1.17. The van der Waals surface area contributed by atoms with Crippen LogP contribution in [0.1, 0.15) is 25.3 Å². The number of fused-ring (bicyclic) bond motifs is 1. The topological polar surface area (TPSA) is 93.6 Å². The van der Waals surface area contributed by atoms with E-state index in [4.69, 9.17) is 11.5 Å². The Bertz CT molecular complexity index is 471. The Morgan fingerprint density at radius 3 is 2.64 bits per heavy atom. The maximum absolute atomic E-state index is 5.71. The molecular formula is C9H13N5. The third-order valence-corrected chi connectivity index (χ3v) is 2.22. The van der Waals surface area contributed by atoms with E-state index in [1.807, 2.05) is 6.20 Å². The first-order valence-corrected chi connectivity index (χ1v) is 4.49. The maximum Gasteiger partial charge on any atom is 0.222 e. The largest absolute Gasteiger partial charge is 0.382 e. The van der Waals surface area contributed by atoms with Crippen LogP contribution in [0.2, 0.25) is 0 Å². The van der Waals surface area contributed by atoms with E-state index in [-0.39, 0.29) is 5.95 Å². The summed E-state index contributed by atoms with van der Waals surface area (Å²) in [6.07, 6.45) is 1.90. The zero-order valence-corrected chi connectivity index (χ0v) is 8.20. The number of aromatic amines is 1. The average Bonchev–Trinajstić information content (AvgIpc) is 2.47. The lowest BCUT2D eigenvalue weighted by molar-refractivity contribution is 0.872. The summed E-state index contributed by atoms with van der Waals surface area (Å²) in [5, 5.41) is 0. The van der Waals surface area contributed by atoms with Crippen LogP contribution in [0.3, 0.4) is 0 Å². The average molecular weight is 191 g/mol. The summed E-state index contributed by atoms with van der Waals surface area (Å²) in [4.78, 5) is 11.1. The fourth-order valence-corrected chi connectivity index (χ4v) is 1.51. The van der Waals surface area contributed by atoms with Crippen LogP contribution >= 0.6 is 0 Å². The number of nitrogens with one attached hydrogen (secondary N) is 1. The Labute approximate surface area is 81.5 Å². The summed E-state index contributed by atoms with van der Waals surface area (Å²) in [6.45, 7) is 4.19. The van der Waals surface area contributed by atoms with Crippen molar-refractivity contribution in [3.8, 4) is 0 Å². The van der Waals surface area contributed by atoms with Crippen LogP contribution in [-0.2, 0) is 0 Å². The Balaban J connectivity index is 2.78. The van der Waals surface area contributed by atoms with Gasteiger partial charge in [0.15, 0.2) is 5.82 Å². The molecular weight excluding hydrogens is 178 g/mol. The van der Waals surface area contributed by atoms with E-state index in [0.29, 0.717) is 11.7 Å². The number of rotatable bonds is 1. The number of hydrogen-bond donors (Lipinski definition) is 3. The molecule has 0 unspecified atom stereocenters. The van der Waals surface area contributed by atoms with Gasteiger partial charge in [-0.05, 0) is 11.5 Å². The molecule has 2 aromatic heterocycles. The minimum absolute atomic E-state index is 0.219. The Morgan fingerprint density at radius 2 is 2.00 bits per heavy atom. The molecule has 0 atom stereocenters. The normalized spacial score (nSPS) is 11.4. The van der Waals surface area contributed by atoms with E-state index >= 15 is 0 Å². The van der Waals surface area contributed by atoms with Gasteiger partial charge in [0.25, 0.3) is 0 Å². The molecule has 5 nitrogen and oxygen atoms in total. The molecule has 0 spiro atoms. The number of anilines is 2. The van der Waals surface area contributed by atoms with Gasteiger partial charge in [-0.2, -0.15) is 4.98 Å². The highest BCUT2D eigenvalue weighted by Gasteiger charge is 2.11. The molecule has 2 heterocycles. The van der Waals surface area contributed by atoms with Crippen LogP contribution in [-0.4, -0.2) is 15.0 Å². The van der Waals surface area contributed by atoms with Crippen molar-refractivity contribution in [2.24, 2.45) is 0 Å². The Hall–Kier alpha value is -1.78. The van der Waals surface area contributed by atoms with E-state index < -0.39 is 0 Å². The van der Waals surface area contributed by atoms with E-state index in [1.54, 1.807) is 0 Å². The van der Waals surface area contributed by atoms with E-state index in [0.717, 1.165) is 16.6 Å². The second-order valence-electron chi connectivity index (χ2n) is 3.59. The van der Waals surface area contributed by atoms with Crippen molar-refractivity contribution in [2.75, 3.05) is 11.5 Å². The molecule has 0 saturated heterocycles. The third-order valence-electron chi connectivity index (χ3n) is 2.22. The van der Waals surface area contributed by atoms with Crippen molar-refractivity contribution in [1.29, 1.82) is 0 Å². The van der Waals surface area contributed by atoms with Crippen molar-refractivity contribution in [2.45, 2.75) is 19.8 Å². The van der Waals surface area contributed by atoms with Gasteiger partial charge in [-0.1, -0.05) is 13.8 Å². The zero-order chi connectivity index (χ0) is 10.3. The maximum atomic E-state index is 5.71. The zero-order valence-electron chi connectivity index (χ0n) is 8.20. The minimum Gasteiger partial charge on any atom is -0.382 e. The monoisotopic (exact) mass is 191 g/mol. The van der Waals surface area contributed by atoms with Gasteiger partial charge < -0.3 is 16.5 Å². The van der Waals surface area contributed by atoms with Crippen molar-refractivity contribution in [3.05, 3.63) is 11.8 Å². The highest BCUT2D eigenvalue weighted by molar-refractivity contribution is 5.88. The first-order chi connectivity index (χ1) is 6.59. The molecule has 0 radical (unpaired) electrons. The minimum atomic E-state index is 0.219. The van der Waals surface area contributed by atoms with Crippen LogP contribution in [0.15, 0.2) is 6.20 Å². The van der Waals surface area contributed by atoms with Crippen molar-refractivity contribution in [3.63, 3.8) is 0 Å². The summed E-state index contributed by atoms with van der Waals surface area (Å²) in [5.41, 5.74) is 13.9.